The quantitative estimate of drug-likeness (QED) is 0.512. The van der Waals surface area contributed by atoms with E-state index in [1.54, 1.807) is 38.8 Å². The summed E-state index contributed by atoms with van der Waals surface area (Å²) in [6, 6.07) is 6.86. The van der Waals surface area contributed by atoms with Gasteiger partial charge in [-0.3, -0.25) is 4.68 Å². The molecule has 5 rings (SSSR count). The summed E-state index contributed by atoms with van der Waals surface area (Å²) in [4.78, 5) is 14.3. The Balaban J connectivity index is 1.30. The molecule has 0 radical (unpaired) electrons. The van der Waals surface area contributed by atoms with Crippen molar-refractivity contribution in [2.75, 3.05) is 18.8 Å². The van der Waals surface area contributed by atoms with Crippen LogP contribution in [0.2, 0.25) is 5.02 Å². The Morgan fingerprint density at radius 2 is 2.14 bits per heavy atom. The molecule has 0 atom stereocenters. The Bertz CT molecular complexity index is 1390. The van der Waals surface area contributed by atoms with Crippen LogP contribution in [0, 0.1) is 22.6 Å². The number of hydrogen-bond acceptors (Lipinski definition) is 6. The fourth-order valence-corrected chi connectivity index (χ4v) is 5.50. The van der Waals surface area contributed by atoms with Gasteiger partial charge in [0.1, 0.15) is 34.6 Å². The second kappa shape index (κ2) is 9.06. The van der Waals surface area contributed by atoms with Crippen LogP contribution in [0.1, 0.15) is 57.2 Å². The Morgan fingerprint density at radius 1 is 1.38 bits per heavy atom. The van der Waals surface area contributed by atoms with Gasteiger partial charge in [-0.25, -0.2) is 13.9 Å². The molecule has 1 saturated carbocycles. The third-order valence-corrected chi connectivity index (χ3v) is 7.53. The summed E-state index contributed by atoms with van der Waals surface area (Å²) >= 11 is 6.08. The standard InChI is InChI=1S/C26H29ClFN7O2/c1-25(2,3)37-24(36)33-8-7-26(15-33)9-18(10-26)35-23(30)19(11-29)22(32-35)17-12-31-34(14-17)13-16-5-4-6-20(28)21(16)27/h4-6,12,14,18H,7-10,13,15,30H2,1-3H3/t18-,26-. The molecule has 2 N–H and O–H groups in total. The van der Waals surface area contributed by atoms with Crippen molar-refractivity contribution in [1.82, 2.24) is 24.5 Å². The van der Waals surface area contributed by atoms with Crippen molar-refractivity contribution in [3.05, 3.63) is 52.6 Å². The maximum absolute atomic E-state index is 13.8. The van der Waals surface area contributed by atoms with Gasteiger partial charge >= 0.3 is 6.09 Å². The third-order valence-electron chi connectivity index (χ3n) is 7.10. The fraction of sp³-hybridized carbons (Fsp3) is 0.462. The van der Waals surface area contributed by atoms with Crippen molar-refractivity contribution in [3.8, 4) is 17.3 Å². The van der Waals surface area contributed by atoms with Crippen LogP contribution >= 0.6 is 11.6 Å². The molecular weight excluding hydrogens is 497 g/mol. The number of amides is 1. The summed E-state index contributed by atoms with van der Waals surface area (Å²) in [6.07, 6.45) is 5.61. The number of carbonyl (C=O) groups excluding carboxylic acids is 1. The molecule has 0 bridgehead atoms. The molecule has 1 saturated heterocycles. The molecule has 2 aromatic heterocycles. The molecule has 37 heavy (non-hydrogen) atoms. The number of halogens is 2. The normalized spacial score (nSPS) is 21.2. The number of hydrogen-bond donors (Lipinski definition) is 1. The zero-order valence-electron chi connectivity index (χ0n) is 21.0. The van der Waals surface area contributed by atoms with E-state index < -0.39 is 11.4 Å². The van der Waals surface area contributed by atoms with Crippen LogP contribution < -0.4 is 5.73 Å². The monoisotopic (exact) mass is 525 g/mol. The summed E-state index contributed by atoms with van der Waals surface area (Å²) in [5.74, 6) is -0.167. The number of rotatable bonds is 4. The van der Waals surface area contributed by atoms with Crippen LogP contribution in [0.25, 0.3) is 11.3 Å². The SMILES string of the molecule is CC(C)(C)OC(=O)N1CC[C@]2(C1)C[C@H](n1nc(-c3cnn(Cc4cccc(F)c4Cl)c3)c(C#N)c1N)C2. The minimum atomic E-state index is -0.528. The first-order valence-corrected chi connectivity index (χ1v) is 12.6. The van der Waals surface area contributed by atoms with Crippen molar-refractivity contribution in [3.63, 3.8) is 0 Å². The molecule has 9 nitrogen and oxygen atoms in total. The van der Waals surface area contributed by atoms with Gasteiger partial charge < -0.3 is 15.4 Å². The zero-order chi connectivity index (χ0) is 26.5. The molecule has 2 aliphatic rings. The zero-order valence-corrected chi connectivity index (χ0v) is 21.8. The van der Waals surface area contributed by atoms with Crippen molar-refractivity contribution >= 4 is 23.5 Å². The van der Waals surface area contributed by atoms with E-state index >= 15 is 0 Å². The van der Waals surface area contributed by atoms with E-state index in [1.165, 1.54) is 6.07 Å². The van der Waals surface area contributed by atoms with Crippen LogP contribution in [-0.2, 0) is 11.3 Å². The lowest BCUT2D eigenvalue weighted by molar-refractivity contribution is 0.0188. The number of benzene rings is 1. The number of ether oxygens (including phenoxy) is 1. The molecule has 1 amide bonds. The lowest BCUT2D eigenvalue weighted by Gasteiger charge is -2.45. The number of nitriles is 1. The molecular formula is C26H29ClFN7O2. The first kappa shape index (κ1) is 25.1. The fourth-order valence-electron chi connectivity index (χ4n) is 5.32. The Morgan fingerprint density at radius 3 is 2.84 bits per heavy atom. The lowest BCUT2D eigenvalue weighted by atomic mass is 9.65. The highest BCUT2D eigenvalue weighted by atomic mass is 35.5. The summed E-state index contributed by atoms with van der Waals surface area (Å²) in [6.45, 7) is 7.17. The number of anilines is 1. The molecule has 3 heterocycles. The van der Waals surface area contributed by atoms with E-state index in [-0.39, 0.29) is 29.1 Å². The predicted molar refractivity (Wildman–Crippen MR) is 136 cm³/mol. The van der Waals surface area contributed by atoms with E-state index in [0.717, 1.165) is 19.3 Å². The van der Waals surface area contributed by atoms with Crippen LogP contribution in [-0.4, -0.2) is 49.2 Å². The van der Waals surface area contributed by atoms with Gasteiger partial charge in [0.05, 0.1) is 23.8 Å². The minimum absolute atomic E-state index is 0.0159. The maximum atomic E-state index is 13.8. The van der Waals surface area contributed by atoms with Crippen molar-refractivity contribution in [1.29, 1.82) is 5.26 Å². The second-order valence-corrected chi connectivity index (χ2v) is 11.4. The third kappa shape index (κ3) is 4.76. The molecule has 1 spiro atoms. The summed E-state index contributed by atoms with van der Waals surface area (Å²) < 4.78 is 22.7. The molecule has 3 aromatic rings. The van der Waals surface area contributed by atoms with Crippen molar-refractivity contribution in [2.24, 2.45) is 5.41 Å². The van der Waals surface area contributed by atoms with Gasteiger partial charge in [0.2, 0.25) is 0 Å². The van der Waals surface area contributed by atoms with Crippen LogP contribution in [0.15, 0.2) is 30.6 Å². The summed E-state index contributed by atoms with van der Waals surface area (Å²) in [7, 11) is 0. The minimum Gasteiger partial charge on any atom is -0.444 e. The van der Waals surface area contributed by atoms with E-state index in [2.05, 4.69) is 11.2 Å². The van der Waals surface area contributed by atoms with Gasteiger partial charge in [-0.05, 0) is 57.1 Å². The largest absolute Gasteiger partial charge is 0.444 e. The van der Waals surface area contributed by atoms with Gasteiger partial charge in [-0.1, -0.05) is 23.7 Å². The Kier molecular flexibility index (Phi) is 6.15. The number of carbonyl (C=O) groups is 1. The number of nitrogens with two attached hydrogens (primary N) is 1. The average Bonchev–Trinajstić information content (AvgIpc) is 3.52. The van der Waals surface area contributed by atoms with Gasteiger partial charge in [0.15, 0.2) is 0 Å². The molecule has 1 aliphatic carbocycles. The molecule has 1 aromatic carbocycles. The van der Waals surface area contributed by atoms with Crippen molar-refractivity contribution in [2.45, 2.75) is 58.2 Å². The first-order chi connectivity index (χ1) is 17.5. The number of nitrogen functional groups attached to an aromatic ring is 1. The molecule has 194 valence electrons. The Hall–Kier alpha value is -3.58. The molecule has 11 heteroatoms. The van der Waals surface area contributed by atoms with E-state index in [1.807, 2.05) is 20.8 Å². The first-order valence-electron chi connectivity index (χ1n) is 12.2. The van der Waals surface area contributed by atoms with Crippen LogP contribution in [0.3, 0.4) is 0 Å². The second-order valence-electron chi connectivity index (χ2n) is 11.0. The van der Waals surface area contributed by atoms with Gasteiger partial charge in [-0.15, -0.1) is 0 Å². The topological polar surface area (TPSA) is 115 Å². The van der Waals surface area contributed by atoms with Gasteiger partial charge in [0, 0.05) is 24.8 Å². The highest BCUT2D eigenvalue weighted by molar-refractivity contribution is 6.31. The number of aromatic nitrogens is 4. The van der Waals surface area contributed by atoms with Gasteiger partial charge in [-0.2, -0.15) is 15.5 Å². The Labute approximate surface area is 219 Å². The van der Waals surface area contributed by atoms with E-state index in [9.17, 15) is 14.4 Å². The van der Waals surface area contributed by atoms with E-state index in [0.29, 0.717) is 41.3 Å². The molecule has 1 aliphatic heterocycles. The van der Waals surface area contributed by atoms with Crippen LogP contribution in [0.5, 0.6) is 0 Å². The van der Waals surface area contributed by atoms with Crippen molar-refractivity contribution < 1.29 is 13.9 Å². The average molecular weight is 526 g/mol. The molecule has 2 fully saturated rings. The number of nitrogens with zero attached hydrogens (tertiary/aromatic N) is 6. The highest BCUT2D eigenvalue weighted by Gasteiger charge is 2.51. The van der Waals surface area contributed by atoms with Gasteiger partial charge in [0.25, 0.3) is 0 Å². The number of likely N-dealkylation sites (tertiary alicyclic amines) is 1. The maximum Gasteiger partial charge on any atom is 0.410 e. The van der Waals surface area contributed by atoms with Crippen LogP contribution in [0.4, 0.5) is 15.0 Å². The summed E-state index contributed by atoms with van der Waals surface area (Å²) in [5.41, 5.74) is 7.85. The molecule has 0 unspecified atom stereocenters. The predicted octanol–water partition coefficient (Wildman–Crippen LogP) is 5.00. The highest BCUT2D eigenvalue weighted by Crippen LogP contribution is 2.54. The van der Waals surface area contributed by atoms with E-state index in [4.69, 9.17) is 27.2 Å². The lowest BCUT2D eigenvalue weighted by Crippen LogP contribution is -2.43. The smallest absolute Gasteiger partial charge is 0.410 e. The summed E-state index contributed by atoms with van der Waals surface area (Å²) in [5, 5.41) is 18.9.